The average Bonchev–Trinajstić information content (AvgIpc) is 3.69. The molecular weight excluding hydrogens is 769 g/mol. The van der Waals surface area contributed by atoms with Crippen molar-refractivity contribution in [3.05, 3.63) is 0 Å². The number of ether oxygens (including phenoxy) is 3. The minimum Gasteiger partial charge on any atom is -0.444 e. The number of aliphatic hydroxyl groups is 6. The Hall–Kier alpha value is -1.17. The third-order valence-electron chi connectivity index (χ3n) is 12.8. The lowest BCUT2D eigenvalue weighted by Crippen LogP contribution is -2.59. The fraction of sp³-hybridized carbons (Fsp3) is 0.978. The average molecular weight is 859 g/mol. The molecule has 0 bridgehead atoms. The summed E-state index contributed by atoms with van der Waals surface area (Å²) in [6, 6.07) is -0.00296. The highest BCUT2D eigenvalue weighted by molar-refractivity contribution is 5.68. The van der Waals surface area contributed by atoms with Crippen LogP contribution >= 0.6 is 0 Å². The molecule has 3 heterocycles. The van der Waals surface area contributed by atoms with Crippen LogP contribution in [0.1, 0.15) is 175 Å². The molecule has 8 N–H and O–H groups in total. The van der Waals surface area contributed by atoms with Crippen molar-refractivity contribution in [2.45, 2.75) is 236 Å². The maximum Gasteiger partial charge on any atom is 0.410 e. The van der Waals surface area contributed by atoms with E-state index in [-0.39, 0.29) is 24.8 Å². The molecule has 7 unspecified atom stereocenters. The fourth-order valence-electron chi connectivity index (χ4n) is 8.90. The van der Waals surface area contributed by atoms with Crippen LogP contribution in [-0.4, -0.2) is 153 Å². The molecule has 0 aromatic heterocycles. The standard InChI is InChI=1S/C46H90N4O10/c1-5-6-7-8-9-10-11-12-13-17-20-23-26-38(52)40(53)36(34-58-44-43(56)42(55)41(54)39(33-51)59-44)37-32-35(47-48-37)25-22-19-16-14-15-18-21-24-27-49-28-30-50(31-29-49)45(57)60-46(2,3)4/h35-44,47-48,51-56H,5-34H2,1-4H3/t35?,36-,37?,38-,39?,40+,41?,42?,43?,44?/m1/s1. The summed E-state index contributed by atoms with van der Waals surface area (Å²) in [6.45, 7) is 11.7. The van der Waals surface area contributed by atoms with Crippen LogP contribution in [0.2, 0.25) is 0 Å². The van der Waals surface area contributed by atoms with E-state index in [1.807, 2.05) is 25.7 Å². The van der Waals surface area contributed by atoms with Gasteiger partial charge in [-0.25, -0.2) is 4.79 Å². The molecule has 14 heteroatoms. The summed E-state index contributed by atoms with van der Waals surface area (Å²) < 4.78 is 17.0. The highest BCUT2D eigenvalue weighted by atomic mass is 16.7. The number of aliphatic hydroxyl groups excluding tert-OH is 6. The molecule has 3 aliphatic heterocycles. The van der Waals surface area contributed by atoms with Crippen LogP contribution in [0.25, 0.3) is 0 Å². The van der Waals surface area contributed by atoms with Crippen molar-refractivity contribution < 1.29 is 49.6 Å². The largest absolute Gasteiger partial charge is 0.444 e. The molecule has 60 heavy (non-hydrogen) atoms. The maximum absolute atomic E-state index is 12.3. The van der Waals surface area contributed by atoms with E-state index in [2.05, 4.69) is 22.7 Å². The zero-order chi connectivity index (χ0) is 43.8. The monoisotopic (exact) mass is 859 g/mol. The van der Waals surface area contributed by atoms with Crippen LogP contribution < -0.4 is 10.9 Å². The molecule has 0 radical (unpaired) electrons. The summed E-state index contributed by atoms with van der Waals surface area (Å²) in [5.41, 5.74) is 6.30. The minimum absolute atomic E-state index is 0.0594. The van der Waals surface area contributed by atoms with Gasteiger partial charge in [-0.3, -0.25) is 15.8 Å². The molecule has 0 saturated carbocycles. The maximum atomic E-state index is 12.3. The van der Waals surface area contributed by atoms with Crippen molar-refractivity contribution in [3.8, 4) is 0 Å². The predicted octanol–water partition coefficient (Wildman–Crippen LogP) is 5.53. The second-order valence-corrected chi connectivity index (χ2v) is 19.2. The van der Waals surface area contributed by atoms with Crippen molar-refractivity contribution in [3.63, 3.8) is 0 Å². The molecule has 354 valence electrons. The molecule has 3 saturated heterocycles. The third kappa shape index (κ3) is 20.6. The Morgan fingerprint density at radius 1 is 0.733 bits per heavy atom. The van der Waals surface area contributed by atoms with Crippen molar-refractivity contribution in [1.82, 2.24) is 20.7 Å². The van der Waals surface area contributed by atoms with Gasteiger partial charge in [0.05, 0.1) is 25.4 Å². The van der Waals surface area contributed by atoms with E-state index in [4.69, 9.17) is 14.2 Å². The Labute approximate surface area is 363 Å². The van der Waals surface area contributed by atoms with Gasteiger partial charge in [-0.1, -0.05) is 129 Å². The summed E-state index contributed by atoms with van der Waals surface area (Å²) in [6.07, 6.45) is 17.3. The Kier molecular flexibility index (Phi) is 26.6. The number of amides is 1. The van der Waals surface area contributed by atoms with Crippen LogP contribution in [0, 0.1) is 5.92 Å². The normalized spacial score (nSPS) is 27.0. The first-order valence-corrected chi connectivity index (χ1v) is 24.3. The number of rotatable bonds is 31. The van der Waals surface area contributed by atoms with E-state index in [1.165, 1.54) is 96.3 Å². The third-order valence-corrected chi connectivity index (χ3v) is 12.8. The van der Waals surface area contributed by atoms with Gasteiger partial charge in [0, 0.05) is 44.2 Å². The second-order valence-electron chi connectivity index (χ2n) is 19.2. The molecule has 3 aliphatic rings. The van der Waals surface area contributed by atoms with Crippen LogP contribution in [-0.2, 0) is 14.2 Å². The number of hydrogen-bond donors (Lipinski definition) is 8. The number of carbonyl (C=O) groups excluding carboxylic acids is 1. The second kappa shape index (κ2) is 30.1. The van der Waals surface area contributed by atoms with E-state index < -0.39 is 61.0 Å². The molecular formula is C46H90N4O10. The number of hydrogen-bond acceptors (Lipinski definition) is 13. The minimum atomic E-state index is -1.55. The number of nitrogens with one attached hydrogen (secondary N) is 2. The molecule has 0 aromatic rings. The van der Waals surface area contributed by atoms with Crippen molar-refractivity contribution in [2.24, 2.45) is 5.92 Å². The molecule has 0 spiro atoms. The molecule has 0 aromatic carbocycles. The van der Waals surface area contributed by atoms with Crippen molar-refractivity contribution in [2.75, 3.05) is 45.9 Å². The SMILES string of the molecule is CCCCCCCCCCCCCC[C@@H](O)[C@@H](O)[C@H](COC1OC(CO)C(O)C(O)C1O)C1CC(CCCCCCCCCCN2CCN(C(=O)OC(C)(C)C)CC2)NN1. The first kappa shape index (κ1) is 53.2. The predicted molar refractivity (Wildman–Crippen MR) is 235 cm³/mol. The number of hydrazine groups is 1. The number of nitrogens with zero attached hydrogens (tertiary/aromatic N) is 2. The zero-order valence-corrected chi connectivity index (χ0v) is 38.2. The molecule has 0 aliphatic carbocycles. The van der Waals surface area contributed by atoms with E-state index in [0.717, 1.165) is 77.7 Å². The first-order valence-electron chi connectivity index (χ1n) is 24.3. The van der Waals surface area contributed by atoms with Crippen LogP contribution in [0.15, 0.2) is 0 Å². The lowest BCUT2D eigenvalue weighted by atomic mass is 9.86. The number of piperazine rings is 1. The van der Waals surface area contributed by atoms with E-state index in [1.54, 1.807) is 0 Å². The molecule has 3 rings (SSSR count). The smallest absolute Gasteiger partial charge is 0.410 e. The Bertz CT molecular complexity index is 1090. The molecule has 10 atom stereocenters. The van der Waals surface area contributed by atoms with Gasteiger partial charge in [-0.05, 0) is 53.0 Å². The van der Waals surface area contributed by atoms with E-state index in [9.17, 15) is 35.4 Å². The first-order chi connectivity index (χ1) is 28.8. The highest BCUT2D eigenvalue weighted by Gasteiger charge is 2.45. The van der Waals surface area contributed by atoms with Gasteiger partial charge in [0.25, 0.3) is 0 Å². The van der Waals surface area contributed by atoms with E-state index >= 15 is 0 Å². The van der Waals surface area contributed by atoms with Gasteiger partial charge >= 0.3 is 6.09 Å². The lowest BCUT2D eigenvalue weighted by molar-refractivity contribution is -0.305. The summed E-state index contributed by atoms with van der Waals surface area (Å²) in [4.78, 5) is 16.6. The number of carbonyl (C=O) groups is 1. The van der Waals surface area contributed by atoms with Gasteiger partial charge in [0.2, 0.25) is 0 Å². The van der Waals surface area contributed by atoms with Crippen LogP contribution in [0.5, 0.6) is 0 Å². The Morgan fingerprint density at radius 2 is 1.28 bits per heavy atom. The van der Waals surface area contributed by atoms with Crippen molar-refractivity contribution >= 4 is 6.09 Å². The van der Waals surface area contributed by atoms with Gasteiger partial charge in [-0.2, -0.15) is 0 Å². The lowest BCUT2D eigenvalue weighted by Gasteiger charge is -2.40. The van der Waals surface area contributed by atoms with Gasteiger partial charge in [0.15, 0.2) is 6.29 Å². The Balaban J connectivity index is 1.32. The van der Waals surface area contributed by atoms with Crippen molar-refractivity contribution in [1.29, 1.82) is 0 Å². The van der Waals surface area contributed by atoms with Crippen LogP contribution in [0.3, 0.4) is 0 Å². The summed E-state index contributed by atoms with van der Waals surface area (Å²) in [5, 5.41) is 63.4. The summed E-state index contributed by atoms with van der Waals surface area (Å²) >= 11 is 0. The van der Waals surface area contributed by atoms with E-state index in [0.29, 0.717) is 6.42 Å². The Morgan fingerprint density at radius 3 is 1.85 bits per heavy atom. The summed E-state index contributed by atoms with van der Waals surface area (Å²) in [5.74, 6) is -0.538. The van der Waals surface area contributed by atoms with Gasteiger partial charge in [-0.15, -0.1) is 0 Å². The summed E-state index contributed by atoms with van der Waals surface area (Å²) in [7, 11) is 0. The fourth-order valence-corrected chi connectivity index (χ4v) is 8.90. The highest BCUT2D eigenvalue weighted by Crippen LogP contribution is 2.28. The molecule has 14 nitrogen and oxygen atoms in total. The van der Waals surface area contributed by atoms with Crippen LogP contribution in [0.4, 0.5) is 4.79 Å². The topological polar surface area (TPSA) is 197 Å². The molecule has 3 fully saturated rings. The number of unbranched alkanes of at least 4 members (excludes halogenated alkanes) is 18. The quantitative estimate of drug-likeness (QED) is 0.0406. The molecule has 1 amide bonds. The van der Waals surface area contributed by atoms with Gasteiger partial charge in [0.1, 0.15) is 30.0 Å². The van der Waals surface area contributed by atoms with Gasteiger partial charge < -0.3 is 49.7 Å². The zero-order valence-electron chi connectivity index (χ0n) is 38.2.